The van der Waals surface area contributed by atoms with Gasteiger partial charge in [-0.2, -0.15) is 0 Å². The van der Waals surface area contributed by atoms with Gasteiger partial charge in [0, 0.05) is 62.9 Å². The summed E-state index contributed by atoms with van der Waals surface area (Å²) in [6.07, 6.45) is 4.96. The maximum atomic E-state index is 12.7. The van der Waals surface area contributed by atoms with E-state index >= 15 is 0 Å². The molecule has 7 nitrogen and oxygen atoms in total. The molecule has 32 heavy (non-hydrogen) atoms. The molecular formula is C25H40N4O3. The largest absolute Gasteiger partial charge is 0.383 e. The third-order valence-corrected chi connectivity index (χ3v) is 6.05. The molecule has 0 spiro atoms. The number of benzene rings is 1. The highest BCUT2D eigenvalue weighted by atomic mass is 16.2. The van der Waals surface area contributed by atoms with Gasteiger partial charge in [0.25, 0.3) is 0 Å². The highest BCUT2D eigenvalue weighted by Crippen LogP contribution is 2.13. The van der Waals surface area contributed by atoms with Crippen molar-refractivity contribution in [3.63, 3.8) is 0 Å². The van der Waals surface area contributed by atoms with Crippen molar-refractivity contribution in [2.45, 2.75) is 58.4 Å². The molecule has 0 bridgehead atoms. The molecule has 1 heterocycles. The van der Waals surface area contributed by atoms with E-state index < -0.39 is 0 Å². The van der Waals surface area contributed by atoms with Crippen molar-refractivity contribution in [2.75, 3.05) is 51.6 Å². The molecule has 2 N–H and O–H groups in total. The maximum absolute atomic E-state index is 12.7. The summed E-state index contributed by atoms with van der Waals surface area (Å²) in [6.45, 7) is 8.29. The lowest BCUT2D eigenvalue weighted by Gasteiger charge is -2.32. The number of carbonyl (C=O) groups is 3. The van der Waals surface area contributed by atoms with E-state index in [9.17, 15) is 14.4 Å². The zero-order valence-electron chi connectivity index (χ0n) is 20.0. The number of likely N-dealkylation sites (N-methyl/N-ethyl adjacent to an activating group) is 1. The Balaban J connectivity index is 1.86. The number of hydrogen-bond acceptors (Lipinski definition) is 6. The second kappa shape index (κ2) is 14.0. The zero-order valence-corrected chi connectivity index (χ0v) is 20.0. The molecule has 1 saturated heterocycles. The Hall–Kier alpha value is -2.25. The van der Waals surface area contributed by atoms with Crippen molar-refractivity contribution in [1.82, 2.24) is 15.1 Å². The Morgan fingerprint density at radius 3 is 2.50 bits per heavy atom. The van der Waals surface area contributed by atoms with Gasteiger partial charge in [0.05, 0.1) is 6.54 Å². The van der Waals surface area contributed by atoms with Crippen LogP contribution in [0.1, 0.15) is 62.7 Å². The average molecular weight is 445 g/mol. The molecule has 0 aliphatic carbocycles. The van der Waals surface area contributed by atoms with Crippen LogP contribution in [-0.4, -0.2) is 79.6 Å². The number of carbonyl (C=O) groups excluding carboxylic acids is 3. The molecule has 1 aliphatic heterocycles. The Morgan fingerprint density at radius 1 is 1.06 bits per heavy atom. The quantitative estimate of drug-likeness (QED) is 0.339. The van der Waals surface area contributed by atoms with Gasteiger partial charge in [-0.05, 0) is 38.9 Å². The summed E-state index contributed by atoms with van der Waals surface area (Å²) < 4.78 is 0. The van der Waals surface area contributed by atoms with Crippen LogP contribution in [0.15, 0.2) is 24.3 Å². The third-order valence-electron chi connectivity index (χ3n) is 6.05. The first-order chi connectivity index (χ1) is 15.4. The standard InChI is InChI=1S/C25H40N4O3/c1-4-24(31)12-7-5-6-10-23(18-26-22-11-8-9-21(17-22)20(2)30)27-25(32)19-29-15-13-28(3)14-16-29/h8-9,11,17,23,26H,4-7,10,12-16,18-19H2,1-3H3,(H,27,32). The lowest BCUT2D eigenvalue weighted by atomic mass is 10.0. The SMILES string of the molecule is CCC(=O)CCCCCC(CNc1cccc(C(C)=O)c1)NC(=O)CN1CCN(C)CC1. The molecule has 0 radical (unpaired) electrons. The number of nitrogens with zero attached hydrogens (tertiary/aromatic N) is 2. The minimum absolute atomic E-state index is 0.00201. The summed E-state index contributed by atoms with van der Waals surface area (Å²) in [6, 6.07) is 7.46. The number of nitrogens with one attached hydrogen (secondary N) is 2. The van der Waals surface area contributed by atoms with Gasteiger partial charge in [0.1, 0.15) is 5.78 Å². The maximum Gasteiger partial charge on any atom is 0.234 e. The van der Waals surface area contributed by atoms with Gasteiger partial charge in [-0.1, -0.05) is 31.9 Å². The van der Waals surface area contributed by atoms with E-state index in [0.29, 0.717) is 37.3 Å². The first-order valence-electron chi connectivity index (χ1n) is 11.9. The second-order valence-corrected chi connectivity index (χ2v) is 8.85. The molecule has 7 heteroatoms. The van der Waals surface area contributed by atoms with Gasteiger partial charge in [-0.15, -0.1) is 0 Å². The van der Waals surface area contributed by atoms with E-state index in [0.717, 1.165) is 57.5 Å². The van der Waals surface area contributed by atoms with Gasteiger partial charge in [-0.25, -0.2) is 0 Å². The predicted molar refractivity (Wildman–Crippen MR) is 129 cm³/mol. The van der Waals surface area contributed by atoms with Gasteiger partial charge in [0.2, 0.25) is 5.91 Å². The van der Waals surface area contributed by atoms with Crippen LogP contribution in [0.25, 0.3) is 0 Å². The first kappa shape index (κ1) is 26.0. The van der Waals surface area contributed by atoms with Crippen molar-refractivity contribution in [2.24, 2.45) is 0 Å². The molecule has 0 aromatic heterocycles. The molecule has 1 atom stereocenters. The van der Waals surface area contributed by atoms with Crippen molar-refractivity contribution in [3.8, 4) is 0 Å². The fraction of sp³-hybridized carbons (Fsp3) is 0.640. The van der Waals surface area contributed by atoms with Gasteiger partial charge < -0.3 is 15.5 Å². The summed E-state index contributed by atoms with van der Waals surface area (Å²) in [5.74, 6) is 0.404. The predicted octanol–water partition coefficient (Wildman–Crippen LogP) is 2.96. The van der Waals surface area contributed by atoms with E-state index in [2.05, 4.69) is 27.5 Å². The van der Waals surface area contributed by atoms with Gasteiger partial charge in [0.15, 0.2) is 5.78 Å². The topological polar surface area (TPSA) is 81.8 Å². The van der Waals surface area contributed by atoms with E-state index in [4.69, 9.17) is 0 Å². The number of anilines is 1. The van der Waals surface area contributed by atoms with Crippen molar-refractivity contribution >= 4 is 23.2 Å². The highest BCUT2D eigenvalue weighted by Gasteiger charge is 2.19. The van der Waals surface area contributed by atoms with Crippen molar-refractivity contribution in [1.29, 1.82) is 0 Å². The van der Waals surface area contributed by atoms with Crippen LogP contribution in [0.4, 0.5) is 5.69 Å². The molecule has 1 aromatic rings. The minimum atomic E-state index is -0.00201. The molecule has 0 saturated carbocycles. The van der Waals surface area contributed by atoms with E-state index in [1.165, 1.54) is 0 Å². The van der Waals surface area contributed by atoms with Crippen molar-refractivity contribution in [3.05, 3.63) is 29.8 Å². The lowest BCUT2D eigenvalue weighted by molar-refractivity contribution is -0.123. The minimum Gasteiger partial charge on any atom is -0.383 e. The van der Waals surface area contributed by atoms with E-state index in [-0.39, 0.29) is 17.7 Å². The summed E-state index contributed by atoms with van der Waals surface area (Å²) in [4.78, 5) is 40.3. The van der Waals surface area contributed by atoms with Crippen LogP contribution < -0.4 is 10.6 Å². The highest BCUT2D eigenvalue weighted by molar-refractivity contribution is 5.94. The molecule has 1 aromatic carbocycles. The Bertz CT molecular complexity index is 744. The normalized spacial score (nSPS) is 15.8. The summed E-state index contributed by atoms with van der Waals surface area (Å²) >= 11 is 0. The molecular weight excluding hydrogens is 404 g/mol. The third kappa shape index (κ3) is 9.92. The van der Waals surface area contributed by atoms with Crippen LogP contribution in [0.3, 0.4) is 0 Å². The summed E-state index contributed by atoms with van der Waals surface area (Å²) in [5, 5.41) is 6.59. The number of Topliss-reactive ketones (excluding diaryl/α,β-unsaturated/α-hetero) is 2. The number of unbranched alkanes of at least 4 members (excludes halogenated alkanes) is 2. The number of piperazine rings is 1. The number of amides is 1. The van der Waals surface area contributed by atoms with Crippen molar-refractivity contribution < 1.29 is 14.4 Å². The van der Waals surface area contributed by atoms with E-state index in [1.54, 1.807) is 13.0 Å². The van der Waals surface area contributed by atoms with Gasteiger partial charge in [-0.3, -0.25) is 19.3 Å². The summed E-state index contributed by atoms with van der Waals surface area (Å²) in [5.41, 5.74) is 1.55. The summed E-state index contributed by atoms with van der Waals surface area (Å²) in [7, 11) is 2.11. The molecule has 1 amide bonds. The van der Waals surface area contributed by atoms with E-state index in [1.807, 2.05) is 25.1 Å². The molecule has 1 fully saturated rings. The number of ketones is 2. The first-order valence-corrected chi connectivity index (χ1v) is 11.9. The van der Waals surface area contributed by atoms with Gasteiger partial charge >= 0.3 is 0 Å². The van der Waals surface area contributed by atoms with Crippen LogP contribution in [0, 0.1) is 0 Å². The monoisotopic (exact) mass is 444 g/mol. The molecule has 1 aliphatic rings. The number of rotatable bonds is 14. The fourth-order valence-corrected chi connectivity index (χ4v) is 3.86. The molecule has 178 valence electrons. The van der Waals surface area contributed by atoms with Crippen LogP contribution >= 0.6 is 0 Å². The van der Waals surface area contributed by atoms with Crippen LogP contribution in [0.2, 0.25) is 0 Å². The zero-order chi connectivity index (χ0) is 23.3. The smallest absolute Gasteiger partial charge is 0.234 e. The Kier molecular flexibility index (Phi) is 11.4. The Labute approximate surface area is 192 Å². The molecule has 1 unspecified atom stereocenters. The lowest BCUT2D eigenvalue weighted by Crippen LogP contribution is -2.50. The second-order valence-electron chi connectivity index (χ2n) is 8.85. The fourth-order valence-electron chi connectivity index (χ4n) is 3.86. The Morgan fingerprint density at radius 2 is 1.81 bits per heavy atom. The van der Waals surface area contributed by atoms with Crippen LogP contribution in [0.5, 0.6) is 0 Å². The van der Waals surface area contributed by atoms with Crippen LogP contribution in [-0.2, 0) is 9.59 Å². The molecule has 2 rings (SSSR count). The average Bonchev–Trinajstić information content (AvgIpc) is 2.78. The number of hydrogen-bond donors (Lipinski definition) is 2.